The van der Waals surface area contributed by atoms with E-state index in [1.54, 1.807) is 11.3 Å². The van der Waals surface area contributed by atoms with Crippen LogP contribution in [0.15, 0.2) is 18.3 Å². The number of rotatable bonds is 4. The van der Waals surface area contributed by atoms with Crippen LogP contribution in [0.25, 0.3) is 0 Å². The topological polar surface area (TPSA) is 56.8 Å². The molecule has 124 valence electrons. The number of carbonyl (C=O) groups is 1. The van der Waals surface area contributed by atoms with Gasteiger partial charge in [0.2, 0.25) is 6.54 Å². The lowest BCUT2D eigenvalue weighted by atomic mass is 9.96. The number of nitrogens with zero attached hydrogens (tertiary/aromatic N) is 2. The maximum Gasteiger partial charge on any atom is 0.290 e. The van der Waals surface area contributed by atoms with Gasteiger partial charge < -0.3 is 5.32 Å². The summed E-state index contributed by atoms with van der Waals surface area (Å²) in [5.41, 5.74) is 4.08. The molecule has 1 aliphatic carbocycles. The maximum absolute atomic E-state index is 12.5. The smallest absolute Gasteiger partial charge is 0.290 e. The number of aromatic nitrogens is 1. The van der Waals surface area contributed by atoms with E-state index in [-0.39, 0.29) is 12.5 Å². The molecule has 0 saturated heterocycles. The Bertz CT molecular complexity index is 817. The Labute approximate surface area is 146 Å². The number of aryl methyl sites for hydroxylation is 3. The number of hydrogen-bond donors (Lipinski definition) is 1. The lowest BCUT2D eigenvalue weighted by Crippen LogP contribution is -2.43. The van der Waals surface area contributed by atoms with E-state index in [2.05, 4.69) is 24.4 Å². The quantitative estimate of drug-likeness (QED) is 0.868. The Kier molecular flexibility index (Phi) is 4.96. The Morgan fingerprint density at radius 1 is 1.38 bits per heavy atom. The lowest BCUT2D eigenvalue weighted by Gasteiger charge is -2.09. The second kappa shape index (κ2) is 7.14. The van der Waals surface area contributed by atoms with Crippen LogP contribution in [0, 0.1) is 18.3 Å². The molecule has 3 rings (SSSR count). The van der Waals surface area contributed by atoms with Gasteiger partial charge in [0.25, 0.3) is 5.91 Å². The standard InChI is InChI=1S/C19H21N3OS/c1-3-14-9-8-13(2)22(11-14)12-18(23)21-19-16(10-20)15-6-4-5-7-17(15)24-19/h8-9,11H,3-7,12H2,1-2H3/p+1. The van der Waals surface area contributed by atoms with Crippen LogP contribution in [0.3, 0.4) is 0 Å². The van der Waals surface area contributed by atoms with Crippen LogP contribution in [0.1, 0.15) is 47.0 Å². The molecular weight excluding hydrogens is 318 g/mol. The zero-order valence-electron chi connectivity index (χ0n) is 14.2. The van der Waals surface area contributed by atoms with Gasteiger partial charge in [0, 0.05) is 23.4 Å². The first kappa shape index (κ1) is 16.7. The molecule has 2 aromatic rings. The van der Waals surface area contributed by atoms with E-state index in [9.17, 15) is 10.1 Å². The molecule has 0 radical (unpaired) electrons. The average Bonchev–Trinajstić information content (AvgIpc) is 2.93. The molecule has 0 aromatic carbocycles. The van der Waals surface area contributed by atoms with Crippen LogP contribution < -0.4 is 9.88 Å². The molecule has 0 bridgehead atoms. The highest BCUT2D eigenvalue weighted by Gasteiger charge is 2.23. The Morgan fingerprint density at radius 2 is 2.17 bits per heavy atom. The van der Waals surface area contributed by atoms with Crippen LogP contribution in [0.2, 0.25) is 0 Å². The predicted octanol–water partition coefficient (Wildman–Crippen LogP) is 3.30. The number of nitriles is 1. The number of fused-ring (bicyclic) bond motifs is 1. The second-order valence-corrected chi connectivity index (χ2v) is 7.34. The zero-order valence-corrected chi connectivity index (χ0v) is 15.0. The van der Waals surface area contributed by atoms with Crippen molar-refractivity contribution in [1.29, 1.82) is 5.26 Å². The normalized spacial score (nSPS) is 13.2. The summed E-state index contributed by atoms with van der Waals surface area (Å²) in [6.45, 7) is 4.37. The van der Waals surface area contributed by atoms with Crippen molar-refractivity contribution in [3.05, 3.63) is 45.6 Å². The number of carbonyl (C=O) groups excluding carboxylic acids is 1. The predicted molar refractivity (Wildman–Crippen MR) is 95.1 cm³/mol. The molecule has 0 atom stereocenters. The minimum atomic E-state index is -0.0774. The third-order valence-corrected chi connectivity index (χ3v) is 5.78. The third-order valence-electron chi connectivity index (χ3n) is 4.57. The van der Waals surface area contributed by atoms with Crippen molar-refractivity contribution in [2.24, 2.45) is 0 Å². The van der Waals surface area contributed by atoms with Crippen LogP contribution in [-0.2, 0) is 30.6 Å². The Balaban J connectivity index is 1.79. The molecule has 5 heteroatoms. The highest BCUT2D eigenvalue weighted by atomic mass is 32.1. The summed E-state index contributed by atoms with van der Waals surface area (Å²) in [7, 11) is 0. The monoisotopic (exact) mass is 340 g/mol. The molecule has 1 N–H and O–H groups in total. The van der Waals surface area contributed by atoms with Crippen LogP contribution in [0.4, 0.5) is 5.00 Å². The van der Waals surface area contributed by atoms with E-state index in [1.807, 2.05) is 23.8 Å². The first-order valence-corrected chi connectivity index (χ1v) is 9.27. The molecule has 24 heavy (non-hydrogen) atoms. The molecular formula is C19H22N3OS+. The van der Waals surface area contributed by atoms with Gasteiger partial charge in [0.1, 0.15) is 11.1 Å². The summed E-state index contributed by atoms with van der Waals surface area (Å²) < 4.78 is 1.97. The Morgan fingerprint density at radius 3 is 2.92 bits per heavy atom. The summed E-state index contributed by atoms with van der Waals surface area (Å²) in [5.74, 6) is -0.0774. The highest BCUT2D eigenvalue weighted by Crippen LogP contribution is 2.37. The van der Waals surface area contributed by atoms with Crippen molar-refractivity contribution in [3.8, 4) is 6.07 Å². The van der Waals surface area contributed by atoms with Crippen molar-refractivity contribution in [2.75, 3.05) is 5.32 Å². The first-order valence-electron chi connectivity index (χ1n) is 8.45. The van der Waals surface area contributed by atoms with Gasteiger partial charge in [-0.1, -0.05) is 6.92 Å². The number of amides is 1. The van der Waals surface area contributed by atoms with E-state index >= 15 is 0 Å². The minimum absolute atomic E-state index is 0.0774. The van der Waals surface area contributed by atoms with Crippen LogP contribution in [0.5, 0.6) is 0 Å². The van der Waals surface area contributed by atoms with Crippen LogP contribution in [-0.4, -0.2) is 5.91 Å². The van der Waals surface area contributed by atoms with Gasteiger partial charge in [-0.25, -0.2) is 0 Å². The van der Waals surface area contributed by atoms with Crippen LogP contribution >= 0.6 is 11.3 Å². The van der Waals surface area contributed by atoms with Gasteiger partial charge in [-0.05, 0) is 43.7 Å². The molecule has 1 amide bonds. The van der Waals surface area contributed by atoms with Gasteiger partial charge >= 0.3 is 0 Å². The van der Waals surface area contributed by atoms with Crippen molar-refractivity contribution in [2.45, 2.75) is 52.5 Å². The van der Waals surface area contributed by atoms with E-state index in [4.69, 9.17) is 0 Å². The first-order chi connectivity index (χ1) is 11.6. The molecule has 0 fully saturated rings. The van der Waals surface area contributed by atoms with Crippen molar-refractivity contribution in [3.63, 3.8) is 0 Å². The number of nitrogens with one attached hydrogen (secondary N) is 1. The molecule has 2 aromatic heterocycles. The molecule has 0 aliphatic heterocycles. The fraction of sp³-hybridized carbons (Fsp3) is 0.421. The number of thiophene rings is 1. The van der Waals surface area contributed by atoms with Gasteiger partial charge in [-0.3, -0.25) is 4.79 Å². The van der Waals surface area contributed by atoms with E-state index in [0.717, 1.165) is 41.9 Å². The third kappa shape index (κ3) is 3.34. The van der Waals surface area contributed by atoms with E-state index < -0.39 is 0 Å². The zero-order chi connectivity index (χ0) is 17.1. The Hall–Kier alpha value is -2.19. The second-order valence-electron chi connectivity index (χ2n) is 6.24. The molecule has 0 unspecified atom stereocenters. The fourth-order valence-electron chi connectivity index (χ4n) is 3.14. The number of pyridine rings is 1. The van der Waals surface area contributed by atoms with Gasteiger partial charge in [0.05, 0.1) is 5.56 Å². The summed E-state index contributed by atoms with van der Waals surface area (Å²) in [6.07, 6.45) is 7.25. The number of anilines is 1. The SMILES string of the molecule is CCc1ccc(C)[n+](CC(=O)Nc2sc3c(c2C#N)CCCC3)c1. The molecule has 1 aliphatic rings. The van der Waals surface area contributed by atoms with Crippen molar-refractivity contribution < 1.29 is 9.36 Å². The summed E-state index contributed by atoms with van der Waals surface area (Å²) in [6, 6.07) is 6.42. The summed E-state index contributed by atoms with van der Waals surface area (Å²) >= 11 is 1.57. The van der Waals surface area contributed by atoms with E-state index in [0.29, 0.717) is 5.56 Å². The molecule has 4 nitrogen and oxygen atoms in total. The average molecular weight is 340 g/mol. The molecule has 2 heterocycles. The fourth-order valence-corrected chi connectivity index (χ4v) is 4.40. The van der Waals surface area contributed by atoms with Crippen molar-refractivity contribution >= 4 is 22.2 Å². The van der Waals surface area contributed by atoms with Gasteiger partial charge in [-0.2, -0.15) is 9.83 Å². The summed E-state index contributed by atoms with van der Waals surface area (Å²) in [4.78, 5) is 13.7. The van der Waals surface area contributed by atoms with Crippen molar-refractivity contribution in [1.82, 2.24) is 0 Å². The molecule has 0 spiro atoms. The van der Waals surface area contributed by atoms with E-state index in [1.165, 1.54) is 16.9 Å². The lowest BCUT2D eigenvalue weighted by molar-refractivity contribution is -0.690. The largest absolute Gasteiger partial charge is 0.311 e. The summed E-state index contributed by atoms with van der Waals surface area (Å²) in [5, 5.41) is 13.2. The highest BCUT2D eigenvalue weighted by molar-refractivity contribution is 7.16. The van der Waals surface area contributed by atoms with Gasteiger partial charge in [-0.15, -0.1) is 11.3 Å². The maximum atomic E-state index is 12.5. The van der Waals surface area contributed by atoms with Gasteiger partial charge in [0.15, 0.2) is 11.9 Å². The molecule has 0 saturated carbocycles. The minimum Gasteiger partial charge on any atom is -0.311 e. The number of hydrogen-bond acceptors (Lipinski definition) is 3.